The molecule has 0 bridgehead atoms. The Labute approximate surface area is 185 Å². The van der Waals surface area contributed by atoms with E-state index in [4.69, 9.17) is 9.47 Å². The van der Waals surface area contributed by atoms with Gasteiger partial charge in [0.2, 0.25) is 0 Å². The molecule has 0 aromatic rings. The van der Waals surface area contributed by atoms with Crippen molar-refractivity contribution >= 4 is 11.8 Å². The quantitative estimate of drug-likeness (QED) is 0.147. The third-order valence-electron chi connectivity index (χ3n) is 6.25. The van der Waals surface area contributed by atoms with Gasteiger partial charge >= 0.3 is 5.97 Å². The van der Waals surface area contributed by atoms with Crippen LogP contribution in [0.5, 0.6) is 0 Å². The van der Waals surface area contributed by atoms with E-state index in [9.17, 15) is 9.59 Å². The standard InChI is InChI=1S/C26H46O4/c1-5-6-7-8-11-14-23(27)19-17-22-18-20-25(29-4)24(22)15-12-9-10-13-16-26(28)30-21(2)3/h9,12,21-22,24-25H,5-8,10-11,13-20H2,1-4H3/b12-9-/t22-,24+,25-/m0/s1. The van der Waals surface area contributed by atoms with Crippen molar-refractivity contribution in [3.8, 4) is 0 Å². The Bertz CT molecular complexity index is 497. The van der Waals surface area contributed by atoms with E-state index < -0.39 is 0 Å². The van der Waals surface area contributed by atoms with Gasteiger partial charge in [0.25, 0.3) is 0 Å². The van der Waals surface area contributed by atoms with Crippen molar-refractivity contribution in [2.45, 2.75) is 123 Å². The first-order valence-corrected chi connectivity index (χ1v) is 12.4. The number of Topliss-reactive ketones (excluding diaryl/α,β-unsaturated/α-hetero) is 1. The molecular weight excluding hydrogens is 376 g/mol. The Morgan fingerprint density at radius 2 is 1.73 bits per heavy atom. The molecule has 1 saturated carbocycles. The molecule has 1 aliphatic carbocycles. The number of allylic oxidation sites excluding steroid dienone is 2. The van der Waals surface area contributed by atoms with Gasteiger partial charge in [0.1, 0.15) is 5.78 Å². The Kier molecular flexibility index (Phi) is 14.8. The highest BCUT2D eigenvalue weighted by atomic mass is 16.5. The molecule has 0 aromatic carbocycles. The predicted octanol–water partition coefficient (Wildman–Crippen LogP) is 6.81. The van der Waals surface area contributed by atoms with Crippen LogP contribution in [-0.4, -0.2) is 31.1 Å². The number of carbonyl (C=O) groups excluding carboxylic acids is 2. The zero-order valence-electron chi connectivity index (χ0n) is 20.0. The van der Waals surface area contributed by atoms with Crippen LogP contribution in [-0.2, 0) is 19.1 Å². The average Bonchev–Trinajstić information content (AvgIpc) is 3.10. The zero-order chi connectivity index (χ0) is 22.2. The lowest BCUT2D eigenvalue weighted by atomic mass is 9.87. The van der Waals surface area contributed by atoms with Crippen LogP contribution in [0, 0.1) is 11.8 Å². The first-order valence-electron chi connectivity index (χ1n) is 12.4. The zero-order valence-corrected chi connectivity index (χ0v) is 20.0. The Hall–Kier alpha value is -1.16. The number of carbonyl (C=O) groups is 2. The van der Waals surface area contributed by atoms with Gasteiger partial charge in [-0.3, -0.25) is 9.59 Å². The fraction of sp³-hybridized carbons (Fsp3) is 0.846. The molecule has 1 rings (SSSR count). The van der Waals surface area contributed by atoms with Crippen LogP contribution in [0.1, 0.15) is 111 Å². The van der Waals surface area contributed by atoms with Crippen molar-refractivity contribution in [3.05, 3.63) is 12.2 Å². The minimum atomic E-state index is -0.108. The maximum absolute atomic E-state index is 12.3. The summed E-state index contributed by atoms with van der Waals surface area (Å²) >= 11 is 0. The van der Waals surface area contributed by atoms with E-state index >= 15 is 0 Å². The number of rotatable bonds is 17. The highest BCUT2D eigenvalue weighted by Gasteiger charge is 2.35. The van der Waals surface area contributed by atoms with Gasteiger partial charge in [-0.15, -0.1) is 0 Å². The van der Waals surface area contributed by atoms with Crippen molar-refractivity contribution in [2.75, 3.05) is 7.11 Å². The SMILES string of the molecule is CCCCCCCC(=O)CC[C@H]1CC[C@H](OC)[C@@H]1C/C=C\CCCC(=O)OC(C)C. The lowest BCUT2D eigenvalue weighted by Gasteiger charge is -2.23. The molecule has 0 aromatic heterocycles. The fourth-order valence-corrected chi connectivity index (χ4v) is 4.56. The summed E-state index contributed by atoms with van der Waals surface area (Å²) in [5.41, 5.74) is 0. The van der Waals surface area contributed by atoms with Crippen molar-refractivity contribution in [1.29, 1.82) is 0 Å². The molecule has 0 heterocycles. The van der Waals surface area contributed by atoms with Crippen LogP contribution in [0.25, 0.3) is 0 Å². The monoisotopic (exact) mass is 422 g/mol. The summed E-state index contributed by atoms with van der Waals surface area (Å²) < 4.78 is 10.9. The van der Waals surface area contributed by atoms with Gasteiger partial charge in [-0.25, -0.2) is 0 Å². The van der Waals surface area contributed by atoms with Crippen molar-refractivity contribution in [1.82, 2.24) is 0 Å². The minimum absolute atomic E-state index is 0.0359. The molecule has 1 aliphatic rings. The normalized spacial score (nSPS) is 21.6. The van der Waals surface area contributed by atoms with Crippen LogP contribution in [0.3, 0.4) is 0 Å². The van der Waals surface area contributed by atoms with Crippen molar-refractivity contribution in [2.24, 2.45) is 11.8 Å². The van der Waals surface area contributed by atoms with Gasteiger partial charge in [-0.05, 0) is 70.6 Å². The van der Waals surface area contributed by atoms with E-state index in [0.29, 0.717) is 30.1 Å². The van der Waals surface area contributed by atoms with E-state index in [1.165, 1.54) is 32.1 Å². The van der Waals surface area contributed by atoms with Gasteiger partial charge in [0.05, 0.1) is 12.2 Å². The minimum Gasteiger partial charge on any atom is -0.463 e. The molecular formula is C26H46O4. The van der Waals surface area contributed by atoms with Crippen LogP contribution in [0.15, 0.2) is 12.2 Å². The second kappa shape index (κ2) is 16.5. The lowest BCUT2D eigenvalue weighted by molar-refractivity contribution is -0.147. The van der Waals surface area contributed by atoms with E-state index in [0.717, 1.165) is 51.4 Å². The van der Waals surface area contributed by atoms with Crippen LogP contribution >= 0.6 is 0 Å². The molecule has 30 heavy (non-hydrogen) atoms. The smallest absolute Gasteiger partial charge is 0.306 e. The van der Waals surface area contributed by atoms with E-state index in [1.807, 2.05) is 21.0 Å². The van der Waals surface area contributed by atoms with E-state index in [2.05, 4.69) is 19.1 Å². The summed E-state index contributed by atoms with van der Waals surface area (Å²) in [4.78, 5) is 23.8. The van der Waals surface area contributed by atoms with E-state index in [1.54, 1.807) is 0 Å². The molecule has 1 fully saturated rings. The Balaban J connectivity index is 2.29. The summed E-state index contributed by atoms with van der Waals surface area (Å²) in [5.74, 6) is 1.43. The highest BCUT2D eigenvalue weighted by Crippen LogP contribution is 2.39. The second-order valence-electron chi connectivity index (χ2n) is 9.15. The molecule has 4 heteroatoms. The first-order chi connectivity index (χ1) is 14.5. The maximum Gasteiger partial charge on any atom is 0.306 e. The van der Waals surface area contributed by atoms with Crippen molar-refractivity contribution in [3.63, 3.8) is 0 Å². The van der Waals surface area contributed by atoms with Gasteiger partial charge < -0.3 is 9.47 Å². The molecule has 174 valence electrons. The largest absolute Gasteiger partial charge is 0.463 e. The topological polar surface area (TPSA) is 52.6 Å². The molecule has 0 aliphatic heterocycles. The highest BCUT2D eigenvalue weighted by molar-refractivity contribution is 5.78. The van der Waals surface area contributed by atoms with Crippen LogP contribution < -0.4 is 0 Å². The number of ketones is 1. The maximum atomic E-state index is 12.3. The molecule has 0 N–H and O–H groups in total. The third-order valence-corrected chi connectivity index (χ3v) is 6.25. The summed E-state index contributed by atoms with van der Waals surface area (Å²) in [6.07, 6.45) is 18.7. The molecule has 0 saturated heterocycles. The lowest BCUT2D eigenvalue weighted by Crippen LogP contribution is -2.21. The number of esters is 1. The van der Waals surface area contributed by atoms with Gasteiger partial charge in [0, 0.05) is 26.4 Å². The molecule has 3 atom stereocenters. The predicted molar refractivity (Wildman–Crippen MR) is 123 cm³/mol. The van der Waals surface area contributed by atoms with Gasteiger partial charge in [-0.1, -0.05) is 44.8 Å². The van der Waals surface area contributed by atoms with Crippen LogP contribution in [0.2, 0.25) is 0 Å². The Morgan fingerprint density at radius 3 is 2.43 bits per heavy atom. The van der Waals surface area contributed by atoms with Gasteiger partial charge in [0.15, 0.2) is 0 Å². The second-order valence-corrected chi connectivity index (χ2v) is 9.15. The van der Waals surface area contributed by atoms with Crippen molar-refractivity contribution < 1.29 is 19.1 Å². The van der Waals surface area contributed by atoms with E-state index in [-0.39, 0.29) is 12.1 Å². The fourth-order valence-electron chi connectivity index (χ4n) is 4.56. The summed E-state index contributed by atoms with van der Waals surface area (Å²) in [5, 5.41) is 0. The molecule has 0 amide bonds. The molecule has 0 unspecified atom stereocenters. The average molecular weight is 423 g/mol. The number of hydrogen-bond donors (Lipinski definition) is 0. The third kappa shape index (κ3) is 11.9. The Morgan fingerprint density at radius 1 is 0.967 bits per heavy atom. The number of unbranched alkanes of at least 4 members (excludes halogenated alkanes) is 5. The molecule has 4 nitrogen and oxygen atoms in total. The number of methoxy groups -OCH3 is 1. The first kappa shape index (κ1) is 26.9. The number of hydrogen-bond acceptors (Lipinski definition) is 4. The summed E-state index contributed by atoms with van der Waals surface area (Å²) in [7, 11) is 1.81. The summed E-state index contributed by atoms with van der Waals surface area (Å²) in [6, 6.07) is 0. The summed E-state index contributed by atoms with van der Waals surface area (Å²) in [6.45, 7) is 5.97. The molecule has 0 spiro atoms. The number of ether oxygens (including phenoxy) is 2. The van der Waals surface area contributed by atoms with Gasteiger partial charge in [-0.2, -0.15) is 0 Å². The molecule has 0 radical (unpaired) electrons. The van der Waals surface area contributed by atoms with Crippen LogP contribution in [0.4, 0.5) is 0 Å².